The lowest BCUT2D eigenvalue weighted by Gasteiger charge is -2.09. The molecular formula is C25H23N5O2. The van der Waals surface area contributed by atoms with E-state index in [2.05, 4.69) is 27.2 Å². The second-order valence-electron chi connectivity index (χ2n) is 7.07. The van der Waals surface area contributed by atoms with Gasteiger partial charge in [0, 0.05) is 49.0 Å². The smallest absolute Gasteiger partial charge is 0.251 e. The Kier molecular flexibility index (Phi) is 6.63. The number of benzene rings is 2. The van der Waals surface area contributed by atoms with Gasteiger partial charge < -0.3 is 14.6 Å². The third kappa shape index (κ3) is 5.24. The number of aryl methyl sites for hydroxylation is 1. The molecule has 2 aromatic carbocycles. The van der Waals surface area contributed by atoms with Crippen LogP contribution in [-0.4, -0.2) is 38.9 Å². The molecule has 0 fully saturated rings. The highest BCUT2D eigenvalue weighted by Crippen LogP contribution is 2.17. The second-order valence-corrected chi connectivity index (χ2v) is 7.07. The lowest BCUT2D eigenvalue weighted by molar-refractivity contribution is 0.0952. The van der Waals surface area contributed by atoms with Crippen LogP contribution in [0.4, 0.5) is 0 Å². The van der Waals surface area contributed by atoms with E-state index in [1.165, 1.54) is 0 Å². The molecule has 0 saturated heterocycles. The Bertz CT molecular complexity index is 1240. The van der Waals surface area contributed by atoms with Gasteiger partial charge in [0.1, 0.15) is 5.75 Å². The van der Waals surface area contributed by atoms with Gasteiger partial charge in [-0.2, -0.15) is 5.10 Å². The van der Waals surface area contributed by atoms with E-state index in [1.54, 1.807) is 42.6 Å². The van der Waals surface area contributed by atoms with E-state index in [4.69, 9.17) is 4.74 Å². The van der Waals surface area contributed by atoms with Crippen LogP contribution in [0.2, 0.25) is 0 Å². The molecule has 32 heavy (non-hydrogen) atoms. The van der Waals surface area contributed by atoms with Crippen molar-refractivity contribution >= 4 is 5.91 Å². The Balaban J connectivity index is 1.53. The summed E-state index contributed by atoms with van der Waals surface area (Å²) < 4.78 is 8.99. The minimum Gasteiger partial charge on any atom is -0.497 e. The molecule has 0 aliphatic carbocycles. The molecule has 0 radical (unpaired) electrons. The molecule has 0 aliphatic rings. The first-order valence-electron chi connectivity index (χ1n) is 10.3. The normalized spacial score (nSPS) is 10.3. The van der Waals surface area contributed by atoms with Gasteiger partial charge in [-0.25, -0.2) is 9.67 Å². The number of amides is 1. The van der Waals surface area contributed by atoms with E-state index < -0.39 is 0 Å². The first-order chi connectivity index (χ1) is 15.7. The zero-order chi connectivity index (χ0) is 22.2. The van der Waals surface area contributed by atoms with E-state index in [1.807, 2.05) is 53.4 Å². The Morgan fingerprint density at radius 3 is 2.81 bits per heavy atom. The third-order valence-corrected chi connectivity index (χ3v) is 4.86. The SMILES string of the molecule is COc1cccc(C#Cc2cc(C(=O)NCCCn3ccnc3)ccc2-n2cccn2)c1. The fraction of sp³-hybridized carbons (Fsp3) is 0.160. The van der Waals surface area contributed by atoms with Crippen LogP contribution in [0.25, 0.3) is 5.69 Å². The van der Waals surface area contributed by atoms with Gasteiger partial charge in [-0.05, 0) is 48.9 Å². The summed E-state index contributed by atoms with van der Waals surface area (Å²) in [6.07, 6.45) is 9.79. The molecule has 2 aromatic heterocycles. The average Bonchev–Trinajstić information content (AvgIpc) is 3.55. The summed E-state index contributed by atoms with van der Waals surface area (Å²) in [5.74, 6) is 6.97. The molecule has 1 amide bonds. The van der Waals surface area contributed by atoms with E-state index >= 15 is 0 Å². The van der Waals surface area contributed by atoms with Crippen molar-refractivity contribution in [3.05, 3.63) is 96.3 Å². The number of rotatable bonds is 7. The molecule has 0 atom stereocenters. The summed E-state index contributed by atoms with van der Waals surface area (Å²) >= 11 is 0. The fourth-order valence-electron chi connectivity index (χ4n) is 3.21. The molecular weight excluding hydrogens is 402 g/mol. The lowest BCUT2D eigenvalue weighted by Crippen LogP contribution is -2.25. The maximum Gasteiger partial charge on any atom is 0.251 e. The maximum absolute atomic E-state index is 12.7. The molecule has 2 heterocycles. The molecule has 7 heteroatoms. The summed E-state index contributed by atoms with van der Waals surface area (Å²) in [7, 11) is 1.62. The Labute approximate surface area is 186 Å². The highest BCUT2D eigenvalue weighted by atomic mass is 16.5. The summed E-state index contributed by atoms with van der Waals surface area (Å²) in [6.45, 7) is 1.37. The first-order valence-corrected chi connectivity index (χ1v) is 10.3. The van der Waals surface area contributed by atoms with Gasteiger partial charge in [-0.3, -0.25) is 4.79 Å². The van der Waals surface area contributed by atoms with Gasteiger partial charge in [0.05, 0.1) is 24.7 Å². The number of nitrogens with zero attached hydrogens (tertiary/aromatic N) is 4. The van der Waals surface area contributed by atoms with Crippen molar-refractivity contribution < 1.29 is 9.53 Å². The van der Waals surface area contributed by atoms with Crippen molar-refractivity contribution in [1.82, 2.24) is 24.6 Å². The van der Waals surface area contributed by atoms with Crippen molar-refractivity contribution in [3.63, 3.8) is 0 Å². The first kappa shape index (κ1) is 20.9. The van der Waals surface area contributed by atoms with Crippen molar-refractivity contribution in [2.24, 2.45) is 0 Å². The average molecular weight is 425 g/mol. The monoisotopic (exact) mass is 425 g/mol. The largest absolute Gasteiger partial charge is 0.497 e. The van der Waals surface area contributed by atoms with Crippen LogP contribution in [0.3, 0.4) is 0 Å². The molecule has 0 spiro atoms. The van der Waals surface area contributed by atoms with Crippen LogP contribution in [0.5, 0.6) is 5.75 Å². The number of hydrogen-bond acceptors (Lipinski definition) is 4. The Hall–Kier alpha value is -4.31. The topological polar surface area (TPSA) is 74.0 Å². The van der Waals surface area contributed by atoms with Gasteiger partial charge in [-0.15, -0.1) is 0 Å². The molecule has 7 nitrogen and oxygen atoms in total. The molecule has 160 valence electrons. The van der Waals surface area contributed by atoms with E-state index in [0.29, 0.717) is 17.7 Å². The van der Waals surface area contributed by atoms with Crippen LogP contribution in [0.1, 0.15) is 27.9 Å². The molecule has 1 N–H and O–H groups in total. The summed E-state index contributed by atoms with van der Waals surface area (Å²) in [4.78, 5) is 16.7. The standard InChI is InChI=1S/C25H23N5O2/c1-32-23-6-2-5-20(17-23)7-8-21-18-22(9-10-24(21)30-15-4-12-28-30)25(31)27-11-3-14-29-16-13-26-19-29/h2,4-6,9-10,12-13,15-19H,3,11,14H2,1H3,(H,27,31). The van der Waals surface area contributed by atoms with Gasteiger partial charge in [0.25, 0.3) is 5.91 Å². The fourth-order valence-corrected chi connectivity index (χ4v) is 3.21. The van der Waals surface area contributed by atoms with Crippen molar-refractivity contribution in [3.8, 4) is 23.3 Å². The van der Waals surface area contributed by atoms with Gasteiger partial charge >= 0.3 is 0 Å². The van der Waals surface area contributed by atoms with E-state index in [0.717, 1.165) is 30.0 Å². The minimum absolute atomic E-state index is 0.132. The van der Waals surface area contributed by atoms with Crippen LogP contribution in [0.15, 0.2) is 79.6 Å². The Morgan fingerprint density at radius 1 is 1.09 bits per heavy atom. The van der Waals surface area contributed by atoms with Crippen LogP contribution < -0.4 is 10.1 Å². The molecule has 4 aromatic rings. The number of carbonyl (C=O) groups excluding carboxylic acids is 1. The number of imidazole rings is 1. The maximum atomic E-state index is 12.7. The summed E-state index contributed by atoms with van der Waals surface area (Å²) in [6, 6.07) is 14.9. The van der Waals surface area contributed by atoms with Crippen LogP contribution in [0, 0.1) is 11.8 Å². The quantitative estimate of drug-likeness (QED) is 0.364. The summed E-state index contributed by atoms with van der Waals surface area (Å²) in [5, 5.41) is 7.28. The zero-order valence-corrected chi connectivity index (χ0v) is 17.7. The molecule has 0 saturated carbocycles. The van der Waals surface area contributed by atoms with E-state index in [9.17, 15) is 4.79 Å². The van der Waals surface area contributed by atoms with Crippen LogP contribution in [-0.2, 0) is 6.54 Å². The number of hydrogen-bond donors (Lipinski definition) is 1. The number of ether oxygens (including phenoxy) is 1. The van der Waals surface area contributed by atoms with Crippen molar-refractivity contribution in [2.45, 2.75) is 13.0 Å². The minimum atomic E-state index is -0.132. The van der Waals surface area contributed by atoms with Gasteiger partial charge in [0.15, 0.2) is 0 Å². The molecule has 4 rings (SSSR count). The van der Waals surface area contributed by atoms with Gasteiger partial charge in [0.2, 0.25) is 0 Å². The highest BCUT2D eigenvalue weighted by molar-refractivity contribution is 5.95. The zero-order valence-electron chi connectivity index (χ0n) is 17.7. The van der Waals surface area contributed by atoms with Crippen molar-refractivity contribution in [2.75, 3.05) is 13.7 Å². The number of nitrogens with one attached hydrogen (secondary N) is 1. The number of aromatic nitrogens is 4. The number of methoxy groups -OCH3 is 1. The van der Waals surface area contributed by atoms with Crippen molar-refractivity contribution in [1.29, 1.82) is 0 Å². The lowest BCUT2D eigenvalue weighted by atomic mass is 10.1. The summed E-state index contributed by atoms with van der Waals surface area (Å²) in [5.41, 5.74) is 2.90. The highest BCUT2D eigenvalue weighted by Gasteiger charge is 2.10. The Morgan fingerprint density at radius 2 is 2.03 bits per heavy atom. The second kappa shape index (κ2) is 10.1. The van der Waals surface area contributed by atoms with Gasteiger partial charge in [-0.1, -0.05) is 17.9 Å². The van der Waals surface area contributed by atoms with E-state index in [-0.39, 0.29) is 5.91 Å². The molecule has 0 bridgehead atoms. The predicted molar refractivity (Wildman–Crippen MR) is 122 cm³/mol. The number of carbonyl (C=O) groups is 1. The third-order valence-electron chi connectivity index (χ3n) is 4.86. The molecule has 0 aliphatic heterocycles. The molecule has 0 unspecified atom stereocenters. The predicted octanol–water partition coefficient (Wildman–Crippen LogP) is 3.30. The van der Waals surface area contributed by atoms with Crippen LogP contribution >= 0.6 is 0 Å².